The number of hydrogen-bond donors (Lipinski definition) is 1. The first-order valence-electron chi connectivity index (χ1n) is 8.81. The van der Waals surface area contributed by atoms with Crippen LogP contribution in [-0.4, -0.2) is 53.7 Å². The third-order valence-corrected chi connectivity index (χ3v) is 3.84. The van der Waals surface area contributed by atoms with Crippen LogP contribution in [-0.2, 0) is 17.9 Å². The third kappa shape index (κ3) is 5.77. The predicted molar refractivity (Wildman–Crippen MR) is 100 cm³/mol. The zero-order chi connectivity index (χ0) is 18.9. The quantitative estimate of drug-likeness (QED) is 0.656. The molecule has 2 rings (SSSR count). The summed E-state index contributed by atoms with van der Waals surface area (Å²) in [6.07, 6.45) is 4.95. The van der Waals surface area contributed by atoms with Gasteiger partial charge in [-0.15, -0.1) is 0 Å². The van der Waals surface area contributed by atoms with Gasteiger partial charge in [0.15, 0.2) is 17.6 Å². The smallest absolute Gasteiger partial charge is 0.262 e. The SMILES string of the molecule is CCOc1cc(CNCCn2ccnc2)ccc1O[C@@H](C)C(=O)N(C)C. The van der Waals surface area contributed by atoms with Gasteiger partial charge >= 0.3 is 0 Å². The molecule has 0 fully saturated rings. The lowest BCUT2D eigenvalue weighted by Crippen LogP contribution is -2.35. The molecule has 1 amide bonds. The van der Waals surface area contributed by atoms with Crippen LogP contribution in [0.1, 0.15) is 19.4 Å². The van der Waals surface area contributed by atoms with Gasteiger partial charge in [0.25, 0.3) is 5.91 Å². The van der Waals surface area contributed by atoms with Gasteiger partial charge in [-0.05, 0) is 31.5 Å². The van der Waals surface area contributed by atoms with E-state index in [0.29, 0.717) is 18.1 Å². The molecule has 1 aromatic heterocycles. The van der Waals surface area contributed by atoms with Crippen LogP contribution in [0.15, 0.2) is 36.9 Å². The van der Waals surface area contributed by atoms with Gasteiger partial charge in [0.05, 0.1) is 12.9 Å². The summed E-state index contributed by atoms with van der Waals surface area (Å²) in [6.45, 7) is 6.62. The predicted octanol–water partition coefficient (Wildman–Crippen LogP) is 1.93. The first-order chi connectivity index (χ1) is 12.5. The molecule has 1 heterocycles. The maximum absolute atomic E-state index is 12.0. The van der Waals surface area contributed by atoms with E-state index in [9.17, 15) is 4.79 Å². The highest BCUT2D eigenvalue weighted by Crippen LogP contribution is 2.29. The van der Waals surface area contributed by atoms with Crippen LogP contribution in [0.25, 0.3) is 0 Å². The van der Waals surface area contributed by atoms with Crippen molar-refractivity contribution in [3.05, 3.63) is 42.5 Å². The molecule has 26 heavy (non-hydrogen) atoms. The second-order valence-corrected chi connectivity index (χ2v) is 6.18. The van der Waals surface area contributed by atoms with E-state index in [-0.39, 0.29) is 5.91 Å². The number of aromatic nitrogens is 2. The minimum atomic E-state index is -0.566. The molecule has 1 N–H and O–H groups in total. The van der Waals surface area contributed by atoms with E-state index in [2.05, 4.69) is 10.3 Å². The number of rotatable bonds is 10. The molecule has 0 radical (unpaired) electrons. The molecular formula is C19H28N4O3. The summed E-state index contributed by atoms with van der Waals surface area (Å²) in [7, 11) is 3.43. The van der Waals surface area contributed by atoms with Gasteiger partial charge in [0, 0.05) is 46.1 Å². The number of carbonyl (C=O) groups is 1. The van der Waals surface area contributed by atoms with Crippen LogP contribution in [0.3, 0.4) is 0 Å². The Kier molecular flexibility index (Phi) is 7.47. The summed E-state index contributed by atoms with van der Waals surface area (Å²) in [5, 5.41) is 3.40. The maximum Gasteiger partial charge on any atom is 0.262 e. The number of carbonyl (C=O) groups excluding carboxylic acids is 1. The summed E-state index contributed by atoms with van der Waals surface area (Å²) in [6, 6.07) is 5.79. The molecule has 7 nitrogen and oxygen atoms in total. The standard InChI is InChI=1S/C19H28N4O3/c1-5-25-18-12-16(13-20-8-10-23-11-9-21-14-23)6-7-17(18)26-15(2)19(24)22(3)4/h6-7,9,11-12,14-15,20H,5,8,10,13H2,1-4H3/t15-/m0/s1. The van der Waals surface area contributed by atoms with E-state index in [1.54, 1.807) is 33.5 Å². The number of ether oxygens (including phenoxy) is 2. The minimum absolute atomic E-state index is 0.0855. The zero-order valence-corrected chi connectivity index (χ0v) is 15.9. The van der Waals surface area contributed by atoms with Crippen molar-refractivity contribution in [3.8, 4) is 11.5 Å². The van der Waals surface area contributed by atoms with Crippen LogP contribution >= 0.6 is 0 Å². The molecule has 1 aromatic carbocycles. The molecule has 0 saturated heterocycles. The highest BCUT2D eigenvalue weighted by molar-refractivity contribution is 5.80. The Bertz CT molecular complexity index is 686. The van der Waals surface area contributed by atoms with Gasteiger partial charge in [0.2, 0.25) is 0 Å². The number of benzene rings is 1. The summed E-state index contributed by atoms with van der Waals surface area (Å²) < 4.78 is 13.5. The Morgan fingerprint density at radius 1 is 1.35 bits per heavy atom. The number of likely N-dealkylation sites (N-methyl/N-ethyl adjacent to an activating group) is 1. The van der Waals surface area contributed by atoms with E-state index in [1.807, 2.05) is 35.9 Å². The van der Waals surface area contributed by atoms with E-state index in [4.69, 9.17) is 9.47 Å². The number of amides is 1. The molecule has 0 bridgehead atoms. The number of nitrogens with zero attached hydrogens (tertiary/aromatic N) is 3. The third-order valence-electron chi connectivity index (χ3n) is 3.84. The second-order valence-electron chi connectivity index (χ2n) is 6.18. The second kappa shape index (κ2) is 9.82. The molecule has 0 saturated carbocycles. The molecule has 0 unspecified atom stereocenters. The van der Waals surface area contributed by atoms with Crippen molar-refractivity contribution in [2.75, 3.05) is 27.2 Å². The summed E-state index contributed by atoms with van der Waals surface area (Å²) in [5.74, 6) is 1.15. The van der Waals surface area contributed by atoms with Crippen molar-refractivity contribution >= 4 is 5.91 Å². The average Bonchev–Trinajstić information content (AvgIpc) is 3.13. The highest BCUT2D eigenvalue weighted by atomic mass is 16.5. The Hall–Kier alpha value is -2.54. The van der Waals surface area contributed by atoms with Gasteiger partial charge in [-0.2, -0.15) is 0 Å². The highest BCUT2D eigenvalue weighted by Gasteiger charge is 2.18. The largest absolute Gasteiger partial charge is 0.490 e. The van der Waals surface area contributed by atoms with Crippen LogP contribution < -0.4 is 14.8 Å². The van der Waals surface area contributed by atoms with Gasteiger partial charge in [-0.25, -0.2) is 4.98 Å². The fraction of sp³-hybridized carbons (Fsp3) is 0.474. The zero-order valence-electron chi connectivity index (χ0n) is 15.9. The molecule has 0 spiro atoms. The topological polar surface area (TPSA) is 68.6 Å². The Balaban J connectivity index is 1.94. The Morgan fingerprint density at radius 2 is 2.15 bits per heavy atom. The van der Waals surface area contributed by atoms with Crippen molar-refractivity contribution in [3.63, 3.8) is 0 Å². The summed E-state index contributed by atoms with van der Waals surface area (Å²) in [4.78, 5) is 17.5. The molecule has 1 atom stereocenters. The average molecular weight is 360 g/mol. The fourth-order valence-corrected chi connectivity index (χ4v) is 2.49. The molecule has 0 aliphatic rings. The first kappa shape index (κ1) is 19.8. The van der Waals surface area contributed by atoms with E-state index >= 15 is 0 Å². The Labute approximate surface area is 154 Å². The first-order valence-corrected chi connectivity index (χ1v) is 8.81. The van der Waals surface area contributed by atoms with Crippen molar-refractivity contribution in [1.29, 1.82) is 0 Å². The molecule has 2 aromatic rings. The van der Waals surface area contributed by atoms with Crippen LogP contribution in [0.2, 0.25) is 0 Å². The maximum atomic E-state index is 12.0. The van der Waals surface area contributed by atoms with Crippen molar-refractivity contribution in [1.82, 2.24) is 19.8 Å². The van der Waals surface area contributed by atoms with E-state index < -0.39 is 6.10 Å². The van der Waals surface area contributed by atoms with Gasteiger partial charge in [-0.1, -0.05) is 6.07 Å². The Morgan fingerprint density at radius 3 is 2.81 bits per heavy atom. The molecule has 142 valence electrons. The minimum Gasteiger partial charge on any atom is -0.490 e. The van der Waals surface area contributed by atoms with Gasteiger partial charge < -0.3 is 24.3 Å². The van der Waals surface area contributed by atoms with Crippen LogP contribution in [0.5, 0.6) is 11.5 Å². The van der Waals surface area contributed by atoms with Crippen molar-refractivity contribution < 1.29 is 14.3 Å². The number of nitrogens with one attached hydrogen (secondary N) is 1. The van der Waals surface area contributed by atoms with E-state index in [1.165, 1.54) is 4.90 Å². The fourth-order valence-electron chi connectivity index (χ4n) is 2.49. The normalized spacial score (nSPS) is 11.8. The molecule has 7 heteroatoms. The molecule has 0 aliphatic heterocycles. The lowest BCUT2D eigenvalue weighted by Gasteiger charge is -2.20. The van der Waals surface area contributed by atoms with Crippen LogP contribution in [0.4, 0.5) is 0 Å². The van der Waals surface area contributed by atoms with Gasteiger partial charge in [-0.3, -0.25) is 4.79 Å². The number of hydrogen-bond acceptors (Lipinski definition) is 5. The molecule has 0 aliphatic carbocycles. The number of imidazole rings is 1. The monoisotopic (exact) mass is 360 g/mol. The lowest BCUT2D eigenvalue weighted by molar-refractivity contribution is -0.135. The van der Waals surface area contributed by atoms with Crippen molar-refractivity contribution in [2.24, 2.45) is 0 Å². The van der Waals surface area contributed by atoms with Crippen LogP contribution in [0, 0.1) is 0 Å². The van der Waals surface area contributed by atoms with Crippen molar-refractivity contribution in [2.45, 2.75) is 33.0 Å². The molecular weight excluding hydrogens is 332 g/mol. The van der Waals surface area contributed by atoms with Gasteiger partial charge in [0.1, 0.15) is 0 Å². The van der Waals surface area contributed by atoms with E-state index in [0.717, 1.165) is 25.2 Å². The lowest BCUT2D eigenvalue weighted by atomic mass is 10.2. The summed E-state index contributed by atoms with van der Waals surface area (Å²) >= 11 is 0. The summed E-state index contributed by atoms with van der Waals surface area (Å²) in [5.41, 5.74) is 1.10.